The van der Waals surface area contributed by atoms with Gasteiger partial charge in [0.2, 0.25) is 0 Å². The molecule has 2 aromatic carbocycles. The van der Waals surface area contributed by atoms with E-state index in [1.165, 1.54) is 18.2 Å². The summed E-state index contributed by atoms with van der Waals surface area (Å²) in [5.41, 5.74) is 2.04. The van der Waals surface area contributed by atoms with Crippen molar-refractivity contribution in [2.75, 3.05) is 0 Å². The Morgan fingerprint density at radius 2 is 1.85 bits per heavy atom. The van der Waals surface area contributed by atoms with Gasteiger partial charge in [0.1, 0.15) is 5.82 Å². The van der Waals surface area contributed by atoms with Gasteiger partial charge in [0.15, 0.2) is 4.77 Å². The number of H-pyrrole nitrogens is 1. The third kappa shape index (κ3) is 2.06. The van der Waals surface area contributed by atoms with E-state index < -0.39 is 5.82 Å². The minimum atomic E-state index is -0.404. The van der Waals surface area contributed by atoms with E-state index in [1.807, 2.05) is 31.2 Å². The molecule has 5 heteroatoms. The zero-order valence-corrected chi connectivity index (χ0v) is 11.5. The number of rotatable bonds is 1. The van der Waals surface area contributed by atoms with Crippen molar-refractivity contribution in [2.24, 2.45) is 0 Å². The van der Waals surface area contributed by atoms with Crippen LogP contribution in [0.3, 0.4) is 0 Å². The van der Waals surface area contributed by atoms with Gasteiger partial charge in [-0.1, -0.05) is 17.7 Å². The van der Waals surface area contributed by atoms with Crippen molar-refractivity contribution in [2.45, 2.75) is 6.92 Å². The van der Waals surface area contributed by atoms with Crippen molar-refractivity contribution in [3.63, 3.8) is 0 Å². The zero-order chi connectivity index (χ0) is 14.3. The van der Waals surface area contributed by atoms with Crippen LogP contribution in [0.4, 0.5) is 4.39 Å². The standard InChI is InChI=1S/C15H11FN2OS/c1-9-2-5-11(6-3-9)18-13-8-10(16)4-7-12(13)14(19)17-15(18)20/h2-8H,1H3,(H,17,19,20). The number of fused-ring (bicyclic) bond motifs is 1. The number of hydrogen-bond donors (Lipinski definition) is 1. The summed E-state index contributed by atoms with van der Waals surface area (Å²) >= 11 is 5.21. The van der Waals surface area contributed by atoms with Crippen LogP contribution in [0.2, 0.25) is 0 Å². The van der Waals surface area contributed by atoms with Gasteiger partial charge in [-0.2, -0.15) is 0 Å². The first-order valence-corrected chi connectivity index (χ1v) is 6.49. The molecule has 0 spiro atoms. The fourth-order valence-corrected chi connectivity index (χ4v) is 2.46. The van der Waals surface area contributed by atoms with Gasteiger partial charge in [-0.05, 0) is 49.5 Å². The lowest BCUT2D eigenvalue weighted by Gasteiger charge is -2.11. The minimum Gasteiger partial charge on any atom is -0.298 e. The number of benzene rings is 2. The van der Waals surface area contributed by atoms with E-state index in [9.17, 15) is 9.18 Å². The molecule has 20 heavy (non-hydrogen) atoms. The van der Waals surface area contributed by atoms with Crippen LogP contribution in [0, 0.1) is 17.5 Å². The summed E-state index contributed by atoms with van der Waals surface area (Å²) in [5, 5.41) is 0.403. The SMILES string of the molecule is Cc1ccc(-n2c(=S)[nH]c(=O)c3ccc(F)cc32)cc1. The Morgan fingerprint density at radius 1 is 1.15 bits per heavy atom. The second-order valence-corrected chi connectivity index (χ2v) is 4.98. The summed E-state index contributed by atoms with van der Waals surface area (Å²) in [5.74, 6) is -0.404. The molecule has 0 amide bonds. The highest BCUT2D eigenvalue weighted by Crippen LogP contribution is 2.18. The molecule has 3 rings (SSSR count). The molecule has 0 unspecified atom stereocenters. The maximum atomic E-state index is 13.5. The van der Waals surface area contributed by atoms with Crippen LogP contribution in [0.15, 0.2) is 47.3 Å². The molecule has 3 aromatic rings. The van der Waals surface area contributed by atoms with Crippen LogP contribution in [-0.4, -0.2) is 9.55 Å². The number of nitrogens with one attached hydrogen (secondary N) is 1. The van der Waals surface area contributed by atoms with Crippen LogP contribution in [0.5, 0.6) is 0 Å². The molecule has 0 aliphatic carbocycles. The second kappa shape index (κ2) is 4.68. The van der Waals surface area contributed by atoms with E-state index in [4.69, 9.17) is 12.2 Å². The normalized spacial score (nSPS) is 10.9. The van der Waals surface area contributed by atoms with Crippen molar-refractivity contribution < 1.29 is 4.39 Å². The van der Waals surface area contributed by atoms with Crippen molar-refractivity contribution in [3.8, 4) is 5.69 Å². The Labute approximate surface area is 119 Å². The van der Waals surface area contributed by atoms with Gasteiger partial charge in [0.05, 0.1) is 10.9 Å². The summed E-state index contributed by atoms with van der Waals surface area (Å²) in [6.07, 6.45) is 0. The van der Waals surface area contributed by atoms with Gasteiger partial charge in [-0.15, -0.1) is 0 Å². The molecule has 0 bridgehead atoms. The maximum Gasteiger partial charge on any atom is 0.259 e. The lowest BCUT2D eigenvalue weighted by atomic mass is 10.2. The summed E-state index contributed by atoms with van der Waals surface area (Å²) in [6, 6.07) is 11.7. The highest BCUT2D eigenvalue weighted by molar-refractivity contribution is 7.71. The maximum absolute atomic E-state index is 13.5. The molecule has 0 radical (unpaired) electrons. The molecular weight excluding hydrogens is 275 g/mol. The van der Waals surface area contributed by atoms with Crippen molar-refractivity contribution >= 4 is 23.1 Å². The number of aromatic nitrogens is 2. The van der Waals surface area contributed by atoms with Crippen LogP contribution < -0.4 is 5.56 Å². The average molecular weight is 286 g/mol. The summed E-state index contributed by atoms with van der Waals surface area (Å²) in [7, 11) is 0. The van der Waals surface area contributed by atoms with E-state index >= 15 is 0 Å². The fraction of sp³-hybridized carbons (Fsp3) is 0.0667. The third-order valence-corrected chi connectivity index (χ3v) is 3.45. The smallest absolute Gasteiger partial charge is 0.259 e. The Balaban J connectivity index is 2.46. The molecule has 0 atom stereocenters. The van der Waals surface area contributed by atoms with Gasteiger partial charge >= 0.3 is 0 Å². The van der Waals surface area contributed by atoms with Crippen LogP contribution in [0.25, 0.3) is 16.6 Å². The second-order valence-electron chi connectivity index (χ2n) is 4.59. The molecule has 1 aromatic heterocycles. The molecule has 3 nitrogen and oxygen atoms in total. The highest BCUT2D eigenvalue weighted by Gasteiger charge is 2.08. The molecule has 1 N–H and O–H groups in total. The van der Waals surface area contributed by atoms with Crippen molar-refractivity contribution in [3.05, 3.63) is 69.0 Å². The first-order chi connectivity index (χ1) is 9.56. The van der Waals surface area contributed by atoms with Gasteiger partial charge in [-0.25, -0.2) is 4.39 Å². The Kier molecular flexibility index (Phi) is 2.99. The number of aryl methyl sites for hydroxylation is 1. The largest absolute Gasteiger partial charge is 0.298 e. The quantitative estimate of drug-likeness (QED) is 0.695. The van der Waals surface area contributed by atoms with E-state index in [1.54, 1.807) is 4.57 Å². The molecule has 0 saturated carbocycles. The number of hydrogen-bond acceptors (Lipinski definition) is 2. The molecule has 0 aliphatic heterocycles. The molecule has 0 aliphatic rings. The molecule has 0 saturated heterocycles. The van der Waals surface area contributed by atoms with Crippen LogP contribution >= 0.6 is 12.2 Å². The predicted octanol–water partition coefficient (Wildman–Crippen LogP) is 3.50. The van der Waals surface area contributed by atoms with Crippen LogP contribution in [-0.2, 0) is 0 Å². The van der Waals surface area contributed by atoms with Gasteiger partial charge in [0.25, 0.3) is 5.56 Å². The van der Waals surface area contributed by atoms with Crippen LogP contribution in [0.1, 0.15) is 5.56 Å². The first kappa shape index (κ1) is 12.7. The topological polar surface area (TPSA) is 37.8 Å². The molecule has 1 heterocycles. The van der Waals surface area contributed by atoms with Gasteiger partial charge in [0, 0.05) is 5.69 Å². The summed E-state index contributed by atoms with van der Waals surface area (Å²) < 4.78 is 15.4. The summed E-state index contributed by atoms with van der Waals surface area (Å²) in [4.78, 5) is 14.5. The van der Waals surface area contributed by atoms with Crippen molar-refractivity contribution in [1.82, 2.24) is 9.55 Å². The average Bonchev–Trinajstić information content (AvgIpc) is 2.40. The first-order valence-electron chi connectivity index (χ1n) is 6.08. The lowest BCUT2D eigenvalue weighted by molar-refractivity contribution is 0.629. The van der Waals surface area contributed by atoms with Gasteiger partial charge in [-0.3, -0.25) is 14.3 Å². The summed E-state index contributed by atoms with van der Waals surface area (Å²) in [6.45, 7) is 1.98. The third-order valence-electron chi connectivity index (χ3n) is 3.16. The number of halogens is 1. The number of nitrogens with zero attached hydrogens (tertiary/aromatic N) is 1. The lowest BCUT2D eigenvalue weighted by Crippen LogP contribution is -2.13. The molecule has 100 valence electrons. The van der Waals surface area contributed by atoms with E-state index in [0.29, 0.717) is 10.9 Å². The Bertz CT molecular complexity index is 910. The van der Waals surface area contributed by atoms with E-state index in [-0.39, 0.29) is 10.3 Å². The van der Waals surface area contributed by atoms with E-state index in [0.717, 1.165) is 11.3 Å². The molecule has 0 fully saturated rings. The van der Waals surface area contributed by atoms with E-state index in [2.05, 4.69) is 4.98 Å². The van der Waals surface area contributed by atoms with Gasteiger partial charge < -0.3 is 0 Å². The Hall–Kier alpha value is -2.27. The van der Waals surface area contributed by atoms with Crippen molar-refractivity contribution in [1.29, 1.82) is 0 Å². The molecular formula is C15H11FN2OS. The monoisotopic (exact) mass is 286 g/mol. The highest BCUT2D eigenvalue weighted by atomic mass is 32.1. The number of aromatic amines is 1. The minimum absolute atomic E-state index is 0.247. The Morgan fingerprint density at radius 3 is 2.55 bits per heavy atom. The zero-order valence-electron chi connectivity index (χ0n) is 10.7. The predicted molar refractivity (Wildman–Crippen MR) is 79.4 cm³/mol. The fourth-order valence-electron chi connectivity index (χ4n) is 2.16.